The summed E-state index contributed by atoms with van der Waals surface area (Å²) in [4.78, 5) is 4.72. The lowest BCUT2D eigenvalue weighted by molar-refractivity contribution is 0.627. The summed E-state index contributed by atoms with van der Waals surface area (Å²) in [7, 11) is 1.97. The molecule has 0 saturated carbocycles. The van der Waals surface area contributed by atoms with E-state index in [1.165, 1.54) is 5.56 Å². The lowest BCUT2D eigenvalue weighted by Gasteiger charge is -2.19. The predicted octanol–water partition coefficient (Wildman–Crippen LogP) is 4.38. The van der Waals surface area contributed by atoms with Crippen LogP contribution in [-0.4, -0.2) is 45.8 Å². The van der Waals surface area contributed by atoms with Crippen LogP contribution in [0.4, 0.5) is 0 Å². The summed E-state index contributed by atoms with van der Waals surface area (Å²) in [5, 5.41) is 16.0. The molecule has 29 heavy (non-hydrogen) atoms. The van der Waals surface area contributed by atoms with Gasteiger partial charge in [0.05, 0.1) is 0 Å². The van der Waals surface area contributed by atoms with Crippen LogP contribution in [0.1, 0.15) is 42.9 Å². The standard InChI is InChI=1S/C20H31ClN6S.HI/c1-5-16(17-7-9-18(21)10-8-17)13-23-20(22-11-6-12-28-4)24-14-19-26-25-15(2)27(19)3;/h7-10,16H,5-6,11-14H2,1-4H3,(H2,22,23,24);1H. The van der Waals surface area contributed by atoms with E-state index in [2.05, 4.69) is 46.1 Å². The van der Waals surface area contributed by atoms with Crippen molar-refractivity contribution in [3.63, 3.8) is 0 Å². The molecule has 162 valence electrons. The Labute approximate surface area is 200 Å². The zero-order valence-electron chi connectivity index (χ0n) is 17.6. The second-order valence-electron chi connectivity index (χ2n) is 6.70. The molecule has 1 aromatic carbocycles. The highest BCUT2D eigenvalue weighted by atomic mass is 127. The molecule has 0 aliphatic rings. The monoisotopic (exact) mass is 550 g/mol. The number of rotatable bonds is 10. The Balaban J connectivity index is 0.00000420. The number of benzene rings is 1. The van der Waals surface area contributed by atoms with E-state index in [4.69, 9.17) is 16.6 Å². The smallest absolute Gasteiger partial charge is 0.191 e. The number of hydrogen-bond donors (Lipinski definition) is 2. The third-order valence-electron chi connectivity index (χ3n) is 4.73. The number of nitrogens with one attached hydrogen (secondary N) is 2. The van der Waals surface area contributed by atoms with Crippen LogP contribution < -0.4 is 10.6 Å². The number of hydrogen-bond acceptors (Lipinski definition) is 4. The summed E-state index contributed by atoms with van der Waals surface area (Å²) in [6.45, 7) is 6.34. The minimum Gasteiger partial charge on any atom is -0.356 e. The van der Waals surface area contributed by atoms with E-state index in [0.29, 0.717) is 12.5 Å². The van der Waals surface area contributed by atoms with Crippen molar-refractivity contribution in [2.75, 3.05) is 25.1 Å². The molecular formula is C20H32ClIN6S. The van der Waals surface area contributed by atoms with Gasteiger partial charge in [-0.15, -0.1) is 34.2 Å². The molecule has 2 N–H and O–H groups in total. The summed E-state index contributed by atoms with van der Waals surface area (Å²) in [5.41, 5.74) is 1.28. The molecule has 2 aromatic rings. The quantitative estimate of drug-likeness (QED) is 0.199. The highest BCUT2D eigenvalue weighted by Crippen LogP contribution is 2.20. The van der Waals surface area contributed by atoms with Gasteiger partial charge in [0.1, 0.15) is 12.4 Å². The van der Waals surface area contributed by atoms with Gasteiger partial charge in [-0.25, -0.2) is 4.99 Å². The molecule has 0 fully saturated rings. The third-order valence-corrected chi connectivity index (χ3v) is 5.68. The molecule has 1 unspecified atom stereocenters. The van der Waals surface area contributed by atoms with Crippen molar-refractivity contribution in [2.45, 2.75) is 39.2 Å². The second-order valence-corrected chi connectivity index (χ2v) is 8.12. The van der Waals surface area contributed by atoms with Gasteiger partial charge in [-0.3, -0.25) is 0 Å². The first-order valence-electron chi connectivity index (χ1n) is 9.66. The molecule has 1 atom stereocenters. The van der Waals surface area contributed by atoms with E-state index < -0.39 is 0 Å². The number of nitrogens with zero attached hydrogens (tertiary/aromatic N) is 4. The average molecular weight is 551 g/mol. The van der Waals surface area contributed by atoms with Crippen molar-refractivity contribution in [2.24, 2.45) is 12.0 Å². The Bertz CT molecular complexity index is 750. The van der Waals surface area contributed by atoms with Gasteiger partial charge in [0, 0.05) is 31.1 Å². The zero-order chi connectivity index (χ0) is 20.4. The highest BCUT2D eigenvalue weighted by molar-refractivity contribution is 14.0. The Kier molecular flexibility index (Phi) is 12.6. The molecule has 0 amide bonds. The van der Waals surface area contributed by atoms with Crippen molar-refractivity contribution >= 4 is 53.3 Å². The first-order chi connectivity index (χ1) is 13.5. The molecule has 2 rings (SSSR count). The molecule has 0 aliphatic heterocycles. The number of halogens is 2. The lowest BCUT2D eigenvalue weighted by Crippen LogP contribution is -2.40. The average Bonchev–Trinajstić information content (AvgIpc) is 3.02. The van der Waals surface area contributed by atoms with E-state index >= 15 is 0 Å². The van der Waals surface area contributed by atoms with Gasteiger partial charge >= 0.3 is 0 Å². The topological polar surface area (TPSA) is 67.1 Å². The van der Waals surface area contributed by atoms with E-state index in [1.807, 2.05) is 42.4 Å². The molecule has 0 spiro atoms. The maximum absolute atomic E-state index is 6.02. The molecule has 6 nitrogen and oxygen atoms in total. The van der Waals surface area contributed by atoms with Gasteiger partial charge < -0.3 is 15.2 Å². The first-order valence-corrected chi connectivity index (χ1v) is 11.4. The van der Waals surface area contributed by atoms with Gasteiger partial charge in [-0.1, -0.05) is 30.7 Å². The highest BCUT2D eigenvalue weighted by Gasteiger charge is 2.11. The molecule has 0 aliphatic carbocycles. The molecule has 1 aromatic heterocycles. The number of aromatic nitrogens is 3. The SMILES string of the molecule is CCC(CNC(=NCc1nnc(C)n1C)NCCCSC)c1ccc(Cl)cc1.I. The number of thioether (sulfide) groups is 1. The molecule has 9 heteroatoms. The predicted molar refractivity (Wildman–Crippen MR) is 136 cm³/mol. The van der Waals surface area contributed by atoms with Gasteiger partial charge in [-0.2, -0.15) is 11.8 Å². The van der Waals surface area contributed by atoms with Gasteiger partial charge in [0.15, 0.2) is 11.8 Å². The minimum atomic E-state index is 0. The molecule has 1 heterocycles. The number of aliphatic imine (C=N–C) groups is 1. The van der Waals surface area contributed by atoms with Crippen LogP contribution in [0.15, 0.2) is 29.3 Å². The Morgan fingerprint density at radius 2 is 1.97 bits per heavy atom. The molecule has 0 saturated heterocycles. The van der Waals surface area contributed by atoms with Crippen LogP contribution in [0.5, 0.6) is 0 Å². The van der Waals surface area contributed by atoms with Crippen molar-refractivity contribution < 1.29 is 0 Å². The van der Waals surface area contributed by atoms with Crippen molar-refractivity contribution in [3.8, 4) is 0 Å². The number of guanidine groups is 1. The normalized spacial score (nSPS) is 12.4. The van der Waals surface area contributed by atoms with Crippen LogP contribution in [-0.2, 0) is 13.6 Å². The Hall–Kier alpha value is -1.000. The van der Waals surface area contributed by atoms with Crippen LogP contribution in [0.2, 0.25) is 5.02 Å². The van der Waals surface area contributed by atoms with Crippen molar-refractivity contribution in [1.82, 2.24) is 25.4 Å². The first kappa shape index (κ1) is 26.0. The lowest BCUT2D eigenvalue weighted by atomic mass is 9.96. The van der Waals surface area contributed by atoms with Crippen LogP contribution >= 0.6 is 47.3 Å². The minimum absolute atomic E-state index is 0. The Morgan fingerprint density at radius 1 is 1.24 bits per heavy atom. The second kappa shape index (κ2) is 14.1. The largest absolute Gasteiger partial charge is 0.356 e. The van der Waals surface area contributed by atoms with E-state index in [9.17, 15) is 0 Å². The summed E-state index contributed by atoms with van der Waals surface area (Å²) < 4.78 is 1.97. The summed E-state index contributed by atoms with van der Waals surface area (Å²) in [6.07, 6.45) is 4.26. The van der Waals surface area contributed by atoms with Gasteiger partial charge in [-0.05, 0) is 49.5 Å². The van der Waals surface area contributed by atoms with E-state index in [0.717, 1.165) is 54.3 Å². The third kappa shape index (κ3) is 8.72. The van der Waals surface area contributed by atoms with Gasteiger partial charge in [0.2, 0.25) is 0 Å². The summed E-state index contributed by atoms with van der Waals surface area (Å²) in [5.74, 6) is 4.08. The fourth-order valence-corrected chi connectivity index (χ4v) is 3.35. The molecule has 0 radical (unpaired) electrons. The Morgan fingerprint density at radius 3 is 2.55 bits per heavy atom. The molecular weight excluding hydrogens is 519 g/mol. The fraction of sp³-hybridized carbons (Fsp3) is 0.550. The summed E-state index contributed by atoms with van der Waals surface area (Å²) in [6, 6.07) is 8.10. The van der Waals surface area contributed by atoms with Crippen LogP contribution in [0.3, 0.4) is 0 Å². The van der Waals surface area contributed by atoms with Crippen LogP contribution in [0.25, 0.3) is 0 Å². The number of aryl methyl sites for hydroxylation is 1. The van der Waals surface area contributed by atoms with Crippen molar-refractivity contribution in [3.05, 3.63) is 46.5 Å². The maximum atomic E-state index is 6.02. The van der Waals surface area contributed by atoms with E-state index in [-0.39, 0.29) is 24.0 Å². The van der Waals surface area contributed by atoms with Crippen LogP contribution in [0, 0.1) is 6.92 Å². The zero-order valence-corrected chi connectivity index (χ0v) is 21.5. The van der Waals surface area contributed by atoms with E-state index in [1.54, 1.807) is 0 Å². The summed E-state index contributed by atoms with van der Waals surface area (Å²) >= 11 is 7.88. The van der Waals surface area contributed by atoms with Crippen molar-refractivity contribution in [1.29, 1.82) is 0 Å². The fourth-order valence-electron chi connectivity index (χ4n) is 2.79. The van der Waals surface area contributed by atoms with Gasteiger partial charge in [0.25, 0.3) is 0 Å². The maximum Gasteiger partial charge on any atom is 0.191 e. The molecule has 0 bridgehead atoms.